The summed E-state index contributed by atoms with van der Waals surface area (Å²) >= 11 is 0. The van der Waals surface area contributed by atoms with Gasteiger partial charge in [0.2, 0.25) is 0 Å². The quantitative estimate of drug-likeness (QED) is 0.551. The zero-order valence-electron chi connectivity index (χ0n) is 10.5. The first-order chi connectivity index (χ1) is 5.93. The van der Waals surface area contributed by atoms with Gasteiger partial charge in [0.15, 0.2) is 0 Å². The second kappa shape index (κ2) is 5.67. The van der Waals surface area contributed by atoms with Gasteiger partial charge in [0, 0.05) is 0 Å². The summed E-state index contributed by atoms with van der Waals surface area (Å²) in [7, 11) is 0. The van der Waals surface area contributed by atoms with Gasteiger partial charge in [0.05, 0.1) is 0 Å². The molecule has 80 valence electrons. The normalized spacial score (nSPS) is 17.1. The Morgan fingerprint density at radius 2 is 1.54 bits per heavy atom. The Kier molecular flexibility index (Phi) is 5.67. The molecule has 2 unspecified atom stereocenters. The van der Waals surface area contributed by atoms with Gasteiger partial charge >= 0.3 is 0 Å². The van der Waals surface area contributed by atoms with Crippen LogP contribution in [0.25, 0.3) is 0 Å². The minimum absolute atomic E-state index is 0.553. The van der Waals surface area contributed by atoms with Crippen molar-refractivity contribution >= 4 is 0 Å². The lowest BCUT2D eigenvalue weighted by atomic mass is 9.76. The fourth-order valence-corrected chi connectivity index (χ4v) is 2.25. The first-order valence-electron chi connectivity index (χ1n) is 5.93. The molecular weight excluding hydrogens is 156 g/mol. The topological polar surface area (TPSA) is 0 Å². The molecule has 2 atom stereocenters. The van der Waals surface area contributed by atoms with Gasteiger partial charge in [-0.15, -0.1) is 0 Å². The van der Waals surface area contributed by atoms with Crippen LogP contribution >= 0.6 is 0 Å². The summed E-state index contributed by atoms with van der Waals surface area (Å²) in [6.45, 7) is 14.2. The predicted molar refractivity (Wildman–Crippen MR) is 61.9 cm³/mol. The fourth-order valence-electron chi connectivity index (χ4n) is 2.25. The maximum Gasteiger partial charge on any atom is -0.0352 e. The van der Waals surface area contributed by atoms with Crippen molar-refractivity contribution in [3.8, 4) is 0 Å². The molecular formula is C13H28. The third-order valence-electron chi connectivity index (χ3n) is 3.42. The van der Waals surface area contributed by atoms with Crippen LogP contribution < -0.4 is 0 Å². The fraction of sp³-hybridized carbons (Fsp3) is 1.00. The van der Waals surface area contributed by atoms with E-state index in [1.807, 2.05) is 0 Å². The van der Waals surface area contributed by atoms with E-state index in [-0.39, 0.29) is 0 Å². The molecule has 0 fully saturated rings. The van der Waals surface area contributed by atoms with Crippen molar-refractivity contribution in [3.63, 3.8) is 0 Å². The molecule has 0 aliphatic heterocycles. The first-order valence-corrected chi connectivity index (χ1v) is 5.93. The lowest BCUT2D eigenvalue weighted by molar-refractivity contribution is 0.211. The van der Waals surface area contributed by atoms with Crippen molar-refractivity contribution in [2.24, 2.45) is 17.3 Å². The van der Waals surface area contributed by atoms with Crippen LogP contribution in [0.1, 0.15) is 67.2 Å². The van der Waals surface area contributed by atoms with E-state index in [4.69, 9.17) is 0 Å². The van der Waals surface area contributed by atoms with Gasteiger partial charge in [0.1, 0.15) is 0 Å². The summed E-state index contributed by atoms with van der Waals surface area (Å²) < 4.78 is 0. The molecule has 13 heavy (non-hydrogen) atoms. The lowest BCUT2D eigenvalue weighted by Crippen LogP contribution is -2.19. The minimum Gasteiger partial charge on any atom is -0.0654 e. The van der Waals surface area contributed by atoms with Crippen molar-refractivity contribution in [1.29, 1.82) is 0 Å². The van der Waals surface area contributed by atoms with Gasteiger partial charge in [-0.3, -0.25) is 0 Å². The highest BCUT2D eigenvalue weighted by Crippen LogP contribution is 2.33. The third kappa shape index (κ3) is 5.33. The molecule has 0 aliphatic carbocycles. The molecule has 0 amide bonds. The Morgan fingerprint density at radius 3 is 1.92 bits per heavy atom. The number of rotatable bonds is 6. The van der Waals surface area contributed by atoms with Crippen LogP contribution in [0.3, 0.4) is 0 Å². The van der Waals surface area contributed by atoms with Crippen LogP contribution in [-0.4, -0.2) is 0 Å². The van der Waals surface area contributed by atoms with Crippen molar-refractivity contribution in [3.05, 3.63) is 0 Å². The van der Waals surface area contributed by atoms with E-state index >= 15 is 0 Å². The molecule has 0 aromatic heterocycles. The zero-order valence-corrected chi connectivity index (χ0v) is 10.5. The molecule has 0 bridgehead atoms. The largest absolute Gasteiger partial charge is 0.0654 e. The summed E-state index contributed by atoms with van der Waals surface area (Å²) in [6.07, 6.45) is 5.40. The molecule has 0 heterocycles. The molecule has 0 spiro atoms. The Hall–Kier alpha value is 0. The van der Waals surface area contributed by atoms with Crippen LogP contribution in [0, 0.1) is 17.3 Å². The summed E-state index contributed by atoms with van der Waals surface area (Å²) in [5, 5.41) is 0. The standard InChI is InChI=1S/C13H28/c1-7-9-13(5,6)10-12(4)11(3)8-2/h11-12H,7-10H2,1-6H3. The van der Waals surface area contributed by atoms with Crippen molar-refractivity contribution < 1.29 is 0 Å². The Bertz CT molecular complexity index is 124. The molecule has 0 heteroatoms. The van der Waals surface area contributed by atoms with Gasteiger partial charge in [0.25, 0.3) is 0 Å². The number of hydrogen-bond acceptors (Lipinski definition) is 0. The zero-order chi connectivity index (χ0) is 10.5. The molecule has 0 saturated carbocycles. The van der Waals surface area contributed by atoms with Gasteiger partial charge in [-0.05, 0) is 30.1 Å². The Morgan fingerprint density at radius 1 is 1.00 bits per heavy atom. The van der Waals surface area contributed by atoms with Gasteiger partial charge < -0.3 is 0 Å². The molecule has 0 radical (unpaired) electrons. The molecule has 0 aromatic carbocycles. The van der Waals surface area contributed by atoms with Crippen molar-refractivity contribution in [2.75, 3.05) is 0 Å². The van der Waals surface area contributed by atoms with Gasteiger partial charge in [-0.1, -0.05) is 54.4 Å². The highest BCUT2D eigenvalue weighted by molar-refractivity contribution is 4.73. The highest BCUT2D eigenvalue weighted by atomic mass is 14.3. The predicted octanol–water partition coefficient (Wildman–Crippen LogP) is 4.89. The second-order valence-electron chi connectivity index (χ2n) is 5.48. The summed E-state index contributed by atoms with van der Waals surface area (Å²) in [5.74, 6) is 1.77. The van der Waals surface area contributed by atoms with E-state index in [9.17, 15) is 0 Å². The molecule has 0 N–H and O–H groups in total. The Labute approximate surface area is 85.1 Å². The maximum atomic E-state index is 2.41. The SMILES string of the molecule is CCCC(C)(C)CC(C)C(C)CC. The molecule has 0 rings (SSSR count). The molecule has 0 nitrogen and oxygen atoms in total. The highest BCUT2D eigenvalue weighted by Gasteiger charge is 2.22. The van der Waals surface area contributed by atoms with E-state index in [0.717, 1.165) is 11.8 Å². The smallest absolute Gasteiger partial charge is 0.0352 e. The first kappa shape index (κ1) is 13.0. The summed E-state index contributed by atoms with van der Waals surface area (Å²) in [5.41, 5.74) is 0.553. The van der Waals surface area contributed by atoms with Crippen molar-refractivity contribution in [2.45, 2.75) is 67.2 Å². The number of hydrogen-bond donors (Lipinski definition) is 0. The average molecular weight is 184 g/mol. The van der Waals surface area contributed by atoms with Crippen LogP contribution in [0.2, 0.25) is 0 Å². The van der Waals surface area contributed by atoms with Crippen molar-refractivity contribution in [1.82, 2.24) is 0 Å². The monoisotopic (exact) mass is 184 g/mol. The maximum absolute atomic E-state index is 2.41. The van der Waals surface area contributed by atoms with E-state index in [1.165, 1.54) is 25.7 Å². The van der Waals surface area contributed by atoms with Gasteiger partial charge in [-0.2, -0.15) is 0 Å². The van der Waals surface area contributed by atoms with E-state index in [0.29, 0.717) is 5.41 Å². The van der Waals surface area contributed by atoms with Crippen LogP contribution in [0.4, 0.5) is 0 Å². The second-order valence-corrected chi connectivity index (χ2v) is 5.48. The van der Waals surface area contributed by atoms with Crippen LogP contribution in [0.5, 0.6) is 0 Å². The van der Waals surface area contributed by atoms with Gasteiger partial charge in [-0.25, -0.2) is 0 Å². The van der Waals surface area contributed by atoms with Crippen LogP contribution in [-0.2, 0) is 0 Å². The summed E-state index contributed by atoms with van der Waals surface area (Å²) in [6, 6.07) is 0. The van der Waals surface area contributed by atoms with E-state index in [2.05, 4.69) is 41.5 Å². The van der Waals surface area contributed by atoms with E-state index < -0.39 is 0 Å². The average Bonchev–Trinajstić information content (AvgIpc) is 2.01. The van der Waals surface area contributed by atoms with E-state index in [1.54, 1.807) is 0 Å². The Balaban J connectivity index is 3.94. The lowest BCUT2D eigenvalue weighted by Gasteiger charge is -2.30. The molecule has 0 aromatic rings. The third-order valence-corrected chi connectivity index (χ3v) is 3.42. The summed E-state index contributed by atoms with van der Waals surface area (Å²) in [4.78, 5) is 0. The molecule has 0 saturated heterocycles. The molecule has 0 aliphatic rings. The minimum atomic E-state index is 0.553. The van der Waals surface area contributed by atoms with Crippen LogP contribution in [0.15, 0.2) is 0 Å².